The van der Waals surface area contributed by atoms with Crippen molar-refractivity contribution < 1.29 is 9.53 Å². The fourth-order valence-corrected chi connectivity index (χ4v) is 1.86. The first-order valence-electron chi connectivity index (χ1n) is 5.41. The van der Waals surface area contributed by atoms with Crippen LogP contribution < -0.4 is 0 Å². The topological polar surface area (TPSA) is 26.3 Å². The van der Waals surface area contributed by atoms with E-state index in [2.05, 4.69) is 19.9 Å². The van der Waals surface area contributed by atoms with Crippen LogP contribution >= 0.6 is 0 Å². The van der Waals surface area contributed by atoms with Crippen LogP contribution in [0.5, 0.6) is 0 Å². The van der Waals surface area contributed by atoms with Gasteiger partial charge in [-0.2, -0.15) is 0 Å². The highest BCUT2D eigenvalue weighted by atomic mass is 16.5. The lowest BCUT2D eigenvalue weighted by molar-refractivity contribution is -0.145. The van der Waals surface area contributed by atoms with E-state index in [1.165, 1.54) is 5.57 Å². The molecule has 0 amide bonds. The minimum atomic E-state index is -0.0519. The second-order valence-electron chi connectivity index (χ2n) is 4.38. The molecule has 0 saturated heterocycles. The quantitative estimate of drug-likeness (QED) is 0.510. The molecule has 0 radical (unpaired) electrons. The fraction of sp³-hybridized carbons (Fsp3) is 0.750. The summed E-state index contributed by atoms with van der Waals surface area (Å²) in [6, 6.07) is 0. The van der Waals surface area contributed by atoms with Gasteiger partial charge >= 0.3 is 5.97 Å². The standard InChI is InChI=1S/C12H20O2/c1-4-8-14-11(13)9-12(3)7-5-6-10(12)2/h6H,4-5,7-9H2,1-3H3. The lowest BCUT2D eigenvalue weighted by atomic mass is 9.81. The summed E-state index contributed by atoms with van der Waals surface area (Å²) in [7, 11) is 0. The van der Waals surface area contributed by atoms with Gasteiger partial charge in [-0.3, -0.25) is 4.79 Å². The summed E-state index contributed by atoms with van der Waals surface area (Å²) in [5.74, 6) is -0.0519. The van der Waals surface area contributed by atoms with Gasteiger partial charge in [-0.25, -0.2) is 0 Å². The molecule has 0 fully saturated rings. The first-order chi connectivity index (χ1) is 6.58. The molecule has 2 heteroatoms. The van der Waals surface area contributed by atoms with Crippen LogP contribution in [0.4, 0.5) is 0 Å². The van der Waals surface area contributed by atoms with Crippen molar-refractivity contribution in [3.63, 3.8) is 0 Å². The maximum Gasteiger partial charge on any atom is 0.306 e. The summed E-state index contributed by atoms with van der Waals surface area (Å²) < 4.78 is 5.10. The van der Waals surface area contributed by atoms with Crippen LogP contribution in [0.25, 0.3) is 0 Å². The number of allylic oxidation sites excluding steroid dienone is 2. The van der Waals surface area contributed by atoms with Gasteiger partial charge in [-0.15, -0.1) is 0 Å². The number of rotatable bonds is 4. The van der Waals surface area contributed by atoms with Gasteiger partial charge < -0.3 is 4.74 Å². The lowest BCUT2D eigenvalue weighted by Gasteiger charge is -2.24. The molecular formula is C12H20O2. The molecule has 0 N–H and O–H groups in total. The molecule has 0 aliphatic heterocycles. The van der Waals surface area contributed by atoms with Gasteiger partial charge in [0.05, 0.1) is 13.0 Å². The number of hydrogen-bond acceptors (Lipinski definition) is 2. The largest absolute Gasteiger partial charge is 0.466 e. The van der Waals surface area contributed by atoms with Gasteiger partial charge in [0, 0.05) is 0 Å². The Kier molecular flexibility index (Phi) is 3.73. The van der Waals surface area contributed by atoms with Gasteiger partial charge in [0.15, 0.2) is 0 Å². The summed E-state index contributed by atoms with van der Waals surface area (Å²) in [6.07, 6.45) is 5.85. The second kappa shape index (κ2) is 4.63. The van der Waals surface area contributed by atoms with Crippen molar-refractivity contribution in [2.45, 2.75) is 46.5 Å². The SMILES string of the molecule is CCCOC(=O)CC1(C)CCC=C1C. The number of carbonyl (C=O) groups excluding carboxylic acids is 1. The molecule has 1 aliphatic carbocycles. The normalized spacial score (nSPS) is 26.1. The van der Waals surface area contributed by atoms with Crippen molar-refractivity contribution in [2.24, 2.45) is 5.41 Å². The van der Waals surface area contributed by atoms with Gasteiger partial charge in [0.1, 0.15) is 0 Å². The van der Waals surface area contributed by atoms with Crippen molar-refractivity contribution in [1.82, 2.24) is 0 Å². The zero-order valence-electron chi connectivity index (χ0n) is 9.43. The van der Waals surface area contributed by atoms with E-state index in [1.807, 2.05) is 6.92 Å². The van der Waals surface area contributed by atoms with Gasteiger partial charge in [-0.05, 0) is 31.6 Å². The minimum Gasteiger partial charge on any atom is -0.466 e. The summed E-state index contributed by atoms with van der Waals surface area (Å²) in [5, 5.41) is 0. The maximum absolute atomic E-state index is 11.5. The Hall–Kier alpha value is -0.790. The Morgan fingerprint density at radius 1 is 1.64 bits per heavy atom. The van der Waals surface area contributed by atoms with E-state index < -0.39 is 0 Å². The third kappa shape index (κ3) is 2.60. The van der Waals surface area contributed by atoms with Gasteiger partial charge in [0.2, 0.25) is 0 Å². The number of hydrogen-bond donors (Lipinski definition) is 0. The first kappa shape index (κ1) is 11.3. The third-order valence-corrected chi connectivity index (χ3v) is 3.10. The molecule has 0 aromatic rings. The smallest absolute Gasteiger partial charge is 0.306 e. The summed E-state index contributed by atoms with van der Waals surface area (Å²) in [4.78, 5) is 11.5. The molecule has 1 aliphatic rings. The second-order valence-corrected chi connectivity index (χ2v) is 4.38. The molecule has 0 aromatic carbocycles. The Balaban J connectivity index is 2.43. The molecule has 0 bridgehead atoms. The summed E-state index contributed by atoms with van der Waals surface area (Å²) in [6.45, 7) is 6.83. The molecule has 0 heterocycles. The van der Waals surface area contributed by atoms with Crippen LogP contribution in [-0.2, 0) is 9.53 Å². The molecule has 1 rings (SSSR count). The van der Waals surface area contributed by atoms with E-state index in [0.717, 1.165) is 19.3 Å². The molecule has 0 spiro atoms. The van der Waals surface area contributed by atoms with E-state index in [1.54, 1.807) is 0 Å². The predicted octanol–water partition coefficient (Wildman–Crippen LogP) is 3.08. The number of ether oxygens (including phenoxy) is 1. The van der Waals surface area contributed by atoms with E-state index in [0.29, 0.717) is 13.0 Å². The van der Waals surface area contributed by atoms with Crippen molar-refractivity contribution >= 4 is 5.97 Å². The zero-order chi connectivity index (χ0) is 10.6. The molecule has 2 nitrogen and oxygen atoms in total. The highest BCUT2D eigenvalue weighted by Crippen LogP contribution is 2.41. The minimum absolute atomic E-state index is 0.0519. The lowest BCUT2D eigenvalue weighted by Crippen LogP contribution is -2.21. The Morgan fingerprint density at radius 2 is 2.36 bits per heavy atom. The highest BCUT2D eigenvalue weighted by Gasteiger charge is 2.32. The monoisotopic (exact) mass is 196 g/mol. The van der Waals surface area contributed by atoms with Crippen molar-refractivity contribution in [3.05, 3.63) is 11.6 Å². The van der Waals surface area contributed by atoms with Crippen molar-refractivity contribution in [3.8, 4) is 0 Å². The molecule has 0 aromatic heterocycles. The Labute approximate surface area is 86.3 Å². The van der Waals surface area contributed by atoms with Crippen LogP contribution in [0.1, 0.15) is 46.5 Å². The summed E-state index contributed by atoms with van der Waals surface area (Å²) >= 11 is 0. The zero-order valence-corrected chi connectivity index (χ0v) is 9.43. The maximum atomic E-state index is 11.5. The Bertz CT molecular complexity index is 243. The third-order valence-electron chi connectivity index (χ3n) is 3.10. The van der Waals surface area contributed by atoms with Crippen LogP contribution in [0, 0.1) is 5.41 Å². The number of esters is 1. The van der Waals surface area contributed by atoms with E-state index in [-0.39, 0.29) is 11.4 Å². The van der Waals surface area contributed by atoms with Crippen molar-refractivity contribution in [1.29, 1.82) is 0 Å². The van der Waals surface area contributed by atoms with Gasteiger partial charge in [0.25, 0.3) is 0 Å². The van der Waals surface area contributed by atoms with Crippen LogP contribution in [0.3, 0.4) is 0 Å². The molecule has 0 saturated carbocycles. The number of carbonyl (C=O) groups is 1. The molecular weight excluding hydrogens is 176 g/mol. The predicted molar refractivity (Wildman–Crippen MR) is 57.0 cm³/mol. The first-order valence-corrected chi connectivity index (χ1v) is 5.41. The average molecular weight is 196 g/mol. The van der Waals surface area contributed by atoms with Crippen LogP contribution in [0.15, 0.2) is 11.6 Å². The van der Waals surface area contributed by atoms with E-state index >= 15 is 0 Å². The highest BCUT2D eigenvalue weighted by molar-refractivity contribution is 5.71. The average Bonchev–Trinajstić information content (AvgIpc) is 2.43. The Morgan fingerprint density at radius 3 is 2.86 bits per heavy atom. The molecule has 1 atom stereocenters. The fourth-order valence-electron chi connectivity index (χ4n) is 1.86. The van der Waals surface area contributed by atoms with Crippen molar-refractivity contribution in [2.75, 3.05) is 6.61 Å². The molecule has 1 unspecified atom stereocenters. The van der Waals surface area contributed by atoms with E-state index in [9.17, 15) is 4.79 Å². The van der Waals surface area contributed by atoms with Crippen LogP contribution in [-0.4, -0.2) is 12.6 Å². The van der Waals surface area contributed by atoms with Crippen LogP contribution in [0.2, 0.25) is 0 Å². The molecule has 14 heavy (non-hydrogen) atoms. The van der Waals surface area contributed by atoms with Gasteiger partial charge in [-0.1, -0.05) is 25.5 Å². The van der Waals surface area contributed by atoms with E-state index in [4.69, 9.17) is 4.74 Å². The molecule has 80 valence electrons. The summed E-state index contributed by atoms with van der Waals surface area (Å²) in [5.41, 5.74) is 1.40.